The highest BCUT2D eigenvalue weighted by molar-refractivity contribution is 5.90. The fourth-order valence-electron chi connectivity index (χ4n) is 4.12. The molecule has 0 saturated carbocycles. The maximum Gasteiger partial charge on any atom is 0.0807 e. The Bertz CT molecular complexity index is 828. The van der Waals surface area contributed by atoms with Crippen molar-refractivity contribution in [3.8, 4) is 0 Å². The van der Waals surface area contributed by atoms with Crippen molar-refractivity contribution < 1.29 is 0 Å². The van der Waals surface area contributed by atoms with Crippen LogP contribution >= 0.6 is 0 Å². The maximum atomic E-state index is 2.34. The second kappa shape index (κ2) is 5.21. The van der Waals surface area contributed by atoms with Crippen molar-refractivity contribution in [2.24, 2.45) is 0 Å². The molecule has 0 heteroatoms. The van der Waals surface area contributed by atoms with Crippen LogP contribution in [0.4, 0.5) is 0 Å². The highest BCUT2D eigenvalue weighted by Gasteiger charge is 2.37. The summed E-state index contributed by atoms with van der Waals surface area (Å²) in [6.07, 6.45) is 2.23. The lowest BCUT2D eigenvalue weighted by Crippen LogP contribution is -2.18. The van der Waals surface area contributed by atoms with E-state index in [9.17, 15) is 0 Å². The van der Waals surface area contributed by atoms with Gasteiger partial charge in [0.1, 0.15) is 0 Å². The molecule has 0 radical (unpaired) electrons. The second-order valence-electron chi connectivity index (χ2n) is 6.13. The van der Waals surface area contributed by atoms with Gasteiger partial charge in [-0.15, -0.1) is 0 Å². The van der Waals surface area contributed by atoms with Crippen LogP contribution in [-0.4, -0.2) is 0 Å². The lowest BCUT2D eigenvalue weighted by molar-refractivity contribution is 0.741. The van der Waals surface area contributed by atoms with E-state index in [1.807, 2.05) is 0 Å². The van der Waals surface area contributed by atoms with Crippen molar-refractivity contribution in [3.05, 3.63) is 88.8 Å². The minimum absolute atomic E-state index is 0.507. The monoisotopic (exact) mass is 285 g/mol. The number of hydrogen-bond acceptors (Lipinski definition) is 0. The summed E-state index contributed by atoms with van der Waals surface area (Å²) in [7, 11) is 0. The summed E-state index contributed by atoms with van der Waals surface area (Å²) in [5.41, 5.74) is 5.97. The summed E-state index contributed by atoms with van der Waals surface area (Å²) in [5.74, 6) is 2.01. The molecule has 1 atom stereocenters. The smallest absolute Gasteiger partial charge is 0.0631 e. The average Bonchev–Trinajstić information content (AvgIpc) is 2.59. The molecule has 0 aliphatic heterocycles. The molecule has 3 aromatic rings. The quantitative estimate of drug-likeness (QED) is 0.501. The molecule has 0 aromatic heterocycles. The van der Waals surface area contributed by atoms with Crippen LogP contribution in [0.15, 0.2) is 60.7 Å². The highest BCUT2D eigenvalue weighted by Crippen LogP contribution is 2.47. The molecule has 3 aromatic carbocycles. The third kappa shape index (κ3) is 1.80. The van der Waals surface area contributed by atoms with E-state index in [2.05, 4.69) is 74.5 Å². The summed E-state index contributed by atoms with van der Waals surface area (Å²) >= 11 is 0. The zero-order chi connectivity index (χ0) is 15.1. The standard InChI is InChI=1S/C22H21/c1-3-16-19-11-7-8-12-20(19)17(4-2)22-18-10-6-5-9-15(18)13-14-21(16)22/h5-14,17H,3-4H2,1-2H3/q+1. The topological polar surface area (TPSA) is 0 Å². The van der Waals surface area contributed by atoms with Crippen LogP contribution in [0.5, 0.6) is 0 Å². The first kappa shape index (κ1) is 13.5. The summed E-state index contributed by atoms with van der Waals surface area (Å²) in [6.45, 7) is 4.58. The van der Waals surface area contributed by atoms with Gasteiger partial charge in [0.25, 0.3) is 0 Å². The van der Waals surface area contributed by atoms with Crippen molar-refractivity contribution in [1.29, 1.82) is 0 Å². The van der Waals surface area contributed by atoms with E-state index < -0.39 is 0 Å². The Kier molecular flexibility index (Phi) is 3.18. The lowest BCUT2D eigenvalue weighted by Gasteiger charge is -2.28. The normalized spacial score (nSPS) is 16.5. The molecule has 0 bridgehead atoms. The molecular weight excluding hydrogens is 264 g/mol. The molecule has 0 amide bonds. The van der Waals surface area contributed by atoms with Gasteiger partial charge in [-0.1, -0.05) is 32.0 Å². The summed E-state index contributed by atoms with van der Waals surface area (Å²) < 4.78 is 0. The Morgan fingerprint density at radius 2 is 1.59 bits per heavy atom. The fourth-order valence-corrected chi connectivity index (χ4v) is 4.12. The van der Waals surface area contributed by atoms with Gasteiger partial charge in [-0.05, 0) is 48.6 Å². The number of hydrogen-bond donors (Lipinski definition) is 0. The first-order valence-corrected chi connectivity index (χ1v) is 8.32. The Morgan fingerprint density at radius 1 is 0.818 bits per heavy atom. The summed E-state index contributed by atoms with van der Waals surface area (Å²) in [5, 5.41) is 2.78. The predicted octanol–water partition coefficient (Wildman–Crippen LogP) is 6.08. The van der Waals surface area contributed by atoms with Crippen LogP contribution in [0.25, 0.3) is 10.8 Å². The molecule has 1 unspecified atom stereocenters. The second-order valence-corrected chi connectivity index (χ2v) is 6.13. The first-order valence-electron chi connectivity index (χ1n) is 8.32. The van der Waals surface area contributed by atoms with E-state index >= 15 is 0 Å². The maximum absolute atomic E-state index is 2.34. The third-order valence-electron chi connectivity index (χ3n) is 5.07. The van der Waals surface area contributed by atoms with Crippen LogP contribution in [0.1, 0.15) is 54.9 Å². The van der Waals surface area contributed by atoms with Gasteiger partial charge >= 0.3 is 0 Å². The van der Waals surface area contributed by atoms with Gasteiger partial charge < -0.3 is 0 Å². The van der Waals surface area contributed by atoms with Crippen LogP contribution in [0.2, 0.25) is 0 Å². The van der Waals surface area contributed by atoms with Crippen molar-refractivity contribution >= 4 is 10.8 Å². The Labute approximate surface area is 132 Å². The molecule has 1 aliphatic rings. The van der Waals surface area contributed by atoms with E-state index in [1.54, 1.807) is 0 Å². The van der Waals surface area contributed by atoms with E-state index in [0.29, 0.717) is 5.92 Å². The highest BCUT2D eigenvalue weighted by atomic mass is 14.3. The molecular formula is C22H21+. The lowest BCUT2D eigenvalue weighted by atomic mass is 9.69. The molecule has 108 valence electrons. The molecule has 1 aliphatic carbocycles. The molecule has 0 fully saturated rings. The minimum Gasteiger partial charge on any atom is -0.0631 e. The Hall–Kier alpha value is -2.21. The predicted molar refractivity (Wildman–Crippen MR) is 94.3 cm³/mol. The van der Waals surface area contributed by atoms with E-state index in [4.69, 9.17) is 0 Å². The molecule has 4 rings (SSSR count). The average molecular weight is 285 g/mol. The van der Waals surface area contributed by atoms with Gasteiger partial charge in [0, 0.05) is 34.6 Å². The van der Waals surface area contributed by atoms with Gasteiger partial charge in [-0.3, -0.25) is 0 Å². The van der Waals surface area contributed by atoms with Crippen molar-refractivity contribution in [3.63, 3.8) is 0 Å². The molecule has 22 heavy (non-hydrogen) atoms. The molecule has 0 spiro atoms. The largest absolute Gasteiger partial charge is 0.0807 e. The van der Waals surface area contributed by atoms with Crippen LogP contribution in [-0.2, 0) is 0 Å². The van der Waals surface area contributed by atoms with Gasteiger partial charge in [0.05, 0.1) is 17.0 Å². The minimum atomic E-state index is 0.507. The summed E-state index contributed by atoms with van der Waals surface area (Å²) in [4.78, 5) is 0. The van der Waals surface area contributed by atoms with Crippen LogP contribution < -0.4 is 0 Å². The zero-order valence-electron chi connectivity index (χ0n) is 13.3. The van der Waals surface area contributed by atoms with E-state index in [-0.39, 0.29) is 0 Å². The molecule has 0 saturated heterocycles. The third-order valence-corrected chi connectivity index (χ3v) is 5.07. The molecule has 0 nitrogen and oxygen atoms in total. The zero-order valence-corrected chi connectivity index (χ0v) is 13.3. The molecule has 0 heterocycles. The first-order chi connectivity index (χ1) is 10.8. The number of fused-ring (bicyclic) bond motifs is 4. The van der Waals surface area contributed by atoms with Crippen molar-refractivity contribution in [2.75, 3.05) is 0 Å². The van der Waals surface area contributed by atoms with E-state index in [1.165, 1.54) is 38.9 Å². The van der Waals surface area contributed by atoms with Crippen LogP contribution in [0.3, 0.4) is 0 Å². The Balaban J connectivity index is 2.08. The summed E-state index contributed by atoms with van der Waals surface area (Å²) in [6, 6.07) is 22.4. The van der Waals surface area contributed by atoms with Gasteiger partial charge in [0.2, 0.25) is 0 Å². The van der Waals surface area contributed by atoms with Crippen molar-refractivity contribution in [2.45, 2.75) is 32.6 Å². The fraction of sp³-hybridized carbons (Fsp3) is 0.227. The molecule has 0 N–H and O–H groups in total. The van der Waals surface area contributed by atoms with Gasteiger partial charge in [0.15, 0.2) is 0 Å². The van der Waals surface area contributed by atoms with Crippen LogP contribution in [0, 0.1) is 5.92 Å². The number of rotatable bonds is 2. The SMILES string of the molecule is CC[C+]1c2ccccc2C(CC)c2c1ccc1ccccc21. The van der Waals surface area contributed by atoms with Gasteiger partial charge in [-0.2, -0.15) is 0 Å². The van der Waals surface area contributed by atoms with Gasteiger partial charge in [-0.25, -0.2) is 0 Å². The van der Waals surface area contributed by atoms with E-state index in [0.717, 1.165) is 12.8 Å². The Morgan fingerprint density at radius 3 is 2.41 bits per heavy atom. The van der Waals surface area contributed by atoms with Crippen molar-refractivity contribution in [1.82, 2.24) is 0 Å². The number of benzene rings is 3.